The smallest absolute Gasteiger partial charge is 0.318 e. The molecule has 4 heteroatoms. The number of ether oxygens (including phenoxy) is 1. The Morgan fingerprint density at radius 3 is 2.29 bits per heavy atom. The largest absolute Gasteiger partial charge is 0.468 e. The van der Waals surface area contributed by atoms with E-state index in [4.69, 9.17) is 0 Å². The highest BCUT2D eigenvalue weighted by Crippen LogP contribution is 2.09. The molecule has 0 saturated carbocycles. The zero-order valence-corrected chi connectivity index (χ0v) is 9.37. The fourth-order valence-electron chi connectivity index (χ4n) is 1.30. The molecule has 0 aliphatic rings. The van der Waals surface area contributed by atoms with Gasteiger partial charge in [0.2, 0.25) is 5.91 Å². The summed E-state index contributed by atoms with van der Waals surface area (Å²) in [4.78, 5) is 24.5. The molecule has 0 radical (unpaired) electrons. The van der Waals surface area contributed by atoms with Gasteiger partial charge in [0.05, 0.1) is 7.11 Å². The van der Waals surface area contributed by atoms with Gasteiger partial charge in [-0.25, -0.2) is 0 Å². The molecule has 0 aromatic rings. The van der Waals surface area contributed by atoms with Gasteiger partial charge in [-0.3, -0.25) is 9.59 Å². The second kappa shape index (κ2) is 6.40. The summed E-state index contributed by atoms with van der Waals surface area (Å²) < 4.78 is 4.57. The van der Waals surface area contributed by atoms with Crippen molar-refractivity contribution in [3.05, 3.63) is 0 Å². The number of rotatable bonds is 5. The average molecular weight is 201 g/mol. The van der Waals surface area contributed by atoms with Gasteiger partial charge in [-0.2, -0.15) is 0 Å². The molecule has 0 aliphatic heterocycles. The Morgan fingerprint density at radius 2 is 1.93 bits per heavy atom. The minimum Gasteiger partial charge on any atom is -0.468 e. The topological polar surface area (TPSA) is 46.6 Å². The van der Waals surface area contributed by atoms with E-state index >= 15 is 0 Å². The van der Waals surface area contributed by atoms with E-state index in [0.29, 0.717) is 13.0 Å². The van der Waals surface area contributed by atoms with Crippen LogP contribution in [0.4, 0.5) is 0 Å². The second-order valence-electron chi connectivity index (χ2n) is 3.24. The molecule has 0 N–H and O–H groups in total. The maximum absolute atomic E-state index is 11.7. The van der Waals surface area contributed by atoms with Gasteiger partial charge in [-0.15, -0.1) is 0 Å². The molecule has 0 spiro atoms. The molecule has 0 rings (SSSR count). The fraction of sp³-hybridized carbons (Fsp3) is 0.800. The third-order valence-electron chi connectivity index (χ3n) is 2.13. The first-order valence-corrected chi connectivity index (χ1v) is 4.91. The molecule has 14 heavy (non-hydrogen) atoms. The number of carbonyl (C=O) groups is 2. The van der Waals surface area contributed by atoms with Crippen molar-refractivity contribution in [1.29, 1.82) is 0 Å². The quantitative estimate of drug-likeness (QED) is 0.493. The zero-order chi connectivity index (χ0) is 11.1. The van der Waals surface area contributed by atoms with Crippen LogP contribution in [0.15, 0.2) is 0 Å². The maximum Gasteiger partial charge on any atom is 0.318 e. The lowest BCUT2D eigenvalue weighted by atomic mass is 10.1. The van der Waals surface area contributed by atoms with Gasteiger partial charge in [0, 0.05) is 13.6 Å². The maximum atomic E-state index is 11.7. The first-order valence-electron chi connectivity index (χ1n) is 4.91. The average Bonchev–Trinajstić information content (AvgIpc) is 2.18. The molecule has 0 aliphatic carbocycles. The van der Waals surface area contributed by atoms with Gasteiger partial charge in [-0.05, 0) is 12.8 Å². The molecular formula is C10H19NO3. The molecule has 0 saturated heterocycles. The normalized spacial score (nSPS) is 12.0. The van der Waals surface area contributed by atoms with Crippen LogP contribution in [0.2, 0.25) is 0 Å². The lowest BCUT2D eigenvalue weighted by Gasteiger charge is -2.20. The van der Waals surface area contributed by atoms with Gasteiger partial charge < -0.3 is 9.64 Å². The SMILES string of the molecule is CCCN(C)C(=O)C(CC)C(=O)OC. The number of amides is 1. The molecule has 82 valence electrons. The predicted molar refractivity (Wildman–Crippen MR) is 53.7 cm³/mol. The van der Waals surface area contributed by atoms with E-state index in [9.17, 15) is 9.59 Å². The summed E-state index contributed by atoms with van der Waals surface area (Å²) in [5, 5.41) is 0. The zero-order valence-electron chi connectivity index (χ0n) is 9.37. The third kappa shape index (κ3) is 3.36. The van der Waals surface area contributed by atoms with E-state index in [1.165, 1.54) is 7.11 Å². The van der Waals surface area contributed by atoms with Crippen molar-refractivity contribution in [2.75, 3.05) is 20.7 Å². The van der Waals surface area contributed by atoms with Crippen LogP contribution in [0.5, 0.6) is 0 Å². The lowest BCUT2D eigenvalue weighted by Crippen LogP contribution is -2.37. The van der Waals surface area contributed by atoms with Crippen molar-refractivity contribution in [1.82, 2.24) is 4.90 Å². The highest BCUT2D eigenvalue weighted by molar-refractivity contribution is 5.97. The summed E-state index contributed by atoms with van der Waals surface area (Å²) in [6.07, 6.45) is 1.37. The predicted octanol–water partition coefficient (Wildman–Crippen LogP) is 1.05. The Hall–Kier alpha value is -1.06. The number of nitrogens with zero attached hydrogens (tertiary/aromatic N) is 1. The van der Waals surface area contributed by atoms with Crippen LogP contribution in [0.3, 0.4) is 0 Å². The molecule has 0 aromatic carbocycles. The van der Waals surface area contributed by atoms with E-state index in [1.54, 1.807) is 18.9 Å². The van der Waals surface area contributed by atoms with Crippen LogP contribution in [-0.2, 0) is 14.3 Å². The number of hydrogen-bond acceptors (Lipinski definition) is 3. The minimum atomic E-state index is -0.642. The van der Waals surface area contributed by atoms with Crippen LogP contribution in [0.1, 0.15) is 26.7 Å². The van der Waals surface area contributed by atoms with Gasteiger partial charge in [0.1, 0.15) is 5.92 Å². The number of hydrogen-bond donors (Lipinski definition) is 0. The van der Waals surface area contributed by atoms with E-state index in [2.05, 4.69) is 4.74 Å². The van der Waals surface area contributed by atoms with Gasteiger partial charge in [0.15, 0.2) is 0 Å². The van der Waals surface area contributed by atoms with Crippen molar-refractivity contribution < 1.29 is 14.3 Å². The Kier molecular flexibility index (Phi) is 5.92. The summed E-state index contributed by atoms with van der Waals surface area (Å²) in [5.74, 6) is -1.24. The first kappa shape index (κ1) is 12.9. The minimum absolute atomic E-state index is 0.152. The van der Waals surface area contributed by atoms with Crippen molar-refractivity contribution >= 4 is 11.9 Å². The van der Waals surface area contributed by atoms with Crippen molar-refractivity contribution in [2.45, 2.75) is 26.7 Å². The summed E-state index contributed by atoms with van der Waals surface area (Å²) in [6, 6.07) is 0. The van der Waals surface area contributed by atoms with Crippen LogP contribution >= 0.6 is 0 Å². The first-order chi connectivity index (χ1) is 6.58. The highest BCUT2D eigenvalue weighted by atomic mass is 16.5. The van der Waals surface area contributed by atoms with Gasteiger partial charge in [0.25, 0.3) is 0 Å². The summed E-state index contributed by atoms with van der Waals surface area (Å²) in [7, 11) is 3.01. The second-order valence-corrected chi connectivity index (χ2v) is 3.24. The summed E-state index contributed by atoms with van der Waals surface area (Å²) in [6.45, 7) is 4.47. The van der Waals surface area contributed by atoms with Gasteiger partial charge in [-0.1, -0.05) is 13.8 Å². The van der Waals surface area contributed by atoms with Gasteiger partial charge >= 0.3 is 5.97 Å². The third-order valence-corrected chi connectivity index (χ3v) is 2.13. The van der Waals surface area contributed by atoms with E-state index < -0.39 is 11.9 Å². The van der Waals surface area contributed by atoms with Crippen molar-refractivity contribution in [3.63, 3.8) is 0 Å². The molecule has 1 unspecified atom stereocenters. The summed E-state index contributed by atoms with van der Waals surface area (Å²) in [5.41, 5.74) is 0. The highest BCUT2D eigenvalue weighted by Gasteiger charge is 2.27. The number of esters is 1. The Morgan fingerprint density at radius 1 is 1.36 bits per heavy atom. The molecule has 1 atom stereocenters. The standard InChI is InChI=1S/C10H19NO3/c1-5-7-11(3)9(12)8(6-2)10(13)14-4/h8H,5-7H2,1-4H3. The molecular weight excluding hydrogens is 182 g/mol. The van der Waals surface area contributed by atoms with Crippen LogP contribution in [0, 0.1) is 5.92 Å². The molecule has 0 fully saturated rings. The molecule has 0 aromatic heterocycles. The van der Waals surface area contributed by atoms with Crippen LogP contribution in [-0.4, -0.2) is 37.5 Å². The monoisotopic (exact) mass is 201 g/mol. The Labute approximate surface area is 85.2 Å². The van der Waals surface area contributed by atoms with E-state index in [0.717, 1.165) is 6.42 Å². The summed E-state index contributed by atoms with van der Waals surface area (Å²) >= 11 is 0. The van der Waals surface area contributed by atoms with Crippen molar-refractivity contribution in [2.24, 2.45) is 5.92 Å². The van der Waals surface area contributed by atoms with Crippen LogP contribution < -0.4 is 0 Å². The fourth-order valence-corrected chi connectivity index (χ4v) is 1.30. The molecule has 0 bridgehead atoms. The van der Waals surface area contributed by atoms with E-state index in [-0.39, 0.29) is 5.91 Å². The molecule has 0 heterocycles. The number of methoxy groups -OCH3 is 1. The van der Waals surface area contributed by atoms with E-state index in [1.807, 2.05) is 6.92 Å². The molecule has 4 nitrogen and oxygen atoms in total. The Balaban J connectivity index is 4.37. The molecule has 1 amide bonds. The van der Waals surface area contributed by atoms with Crippen molar-refractivity contribution in [3.8, 4) is 0 Å². The Bertz CT molecular complexity index is 204. The number of carbonyl (C=O) groups excluding carboxylic acids is 2. The lowest BCUT2D eigenvalue weighted by molar-refractivity contribution is -0.153. The van der Waals surface area contributed by atoms with Crippen LogP contribution in [0.25, 0.3) is 0 Å².